The molecule has 2 saturated heterocycles. The van der Waals surface area contributed by atoms with Crippen LogP contribution in [0.2, 0.25) is 0 Å². The molecule has 2 rings (SSSR count). The molecule has 8 heteroatoms. The van der Waals surface area contributed by atoms with Crippen molar-refractivity contribution in [3.8, 4) is 0 Å². The number of carbonyl (C=O) groups is 2. The van der Waals surface area contributed by atoms with Gasteiger partial charge in [0.25, 0.3) is 0 Å². The Morgan fingerprint density at radius 2 is 1.91 bits per heavy atom. The number of hydrogen-bond acceptors (Lipinski definition) is 8. The zero-order valence-corrected chi connectivity index (χ0v) is 13.3. The molecule has 2 heterocycles. The van der Waals surface area contributed by atoms with Crippen LogP contribution in [0.3, 0.4) is 0 Å². The molecule has 23 heavy (non-hydrogen) atoms. The van der Waals surface area contributed by atoms with Gasteiger partial charge in [-0.05, 0) is 6.42 Å². The highest BCUT2D eigenvalue weighted by molar-refractivity contribution is 5.71. The lowest BCUT2D eigenvalue weighted by Crippen LogP contribution is -2.37. The van der Waals surface area contributed by atoms with Gasteiger partial charge in [0.1, 0.15) is 6.61 Å². The number of hydrogen-bond donors (Lipinski definition) is 1. The molecule has 0 spiro atoms. The highest BCUT2D eigenvalue weighted by Crippen LogP contribution is 2.24. The third kappa shape index (κ3) is 5.33. The number of esters is 1. The van der Waals surface area contributed by atoms with Crippen molar-refractivity contribution >= 4 is 12.1 Å². The van der Waals surface area contributed by atoms with Gasteiger partial charge in [-0.25, -0.2) is 4.79 Å². The van der Waals surface area contributed by atoms with Crippen LogP contribution in [0.25, 0.3) is 0 Å². The summed E-state index contributed by atoms with van der Waals surface area (Å²) in [5, 5.41) is 9.70. The van der Waals surface area contributed by atoms with Gasteiger partial charge in [-0.1, -0.05) is 6.92 Å². The first-order valence-corrected chi connectivity index (χ1v) is 7.82. The van der Waals surface area contributed by atoms with Gasteiger partial charge in [-0.15, -0.1) is 0 Å². The highest BCUT2D eigenvalue weighted by Gasteiger charge is 2.32. The smallest absolute Gasteiger partial charge is 0.465 e. The predicted octanol–water partition coefficient (Wildman–Crippen LogP) is 0.507. The van der Waals surface area contributed by atoms with Crippen LogP contribution in [-0.4, -0.2) is 69.6 Å². The van der Waals surface area contributed by atoms with Crippen molar-refractivity contribution in [3.05, 3.63) is 0 Å². The van der Waals surface area contributed by atoms with E-state index in [1.54, 1.807) is 0 Å². The van der Waals surface area contributed by atoms with Crippen molar-refractivity contribution in [3.63, 3.8) is 0 Å². The van der Waals surface area contributed by atoms with E-state index in [0.29, 0.717) is 32.7 Å². The van der Waals surface area contributed by atoms with E-state index in [0.717, 1.165) is 0 Å². The van der Waals surface area contributed by atoms with E-state index in [1.165, 1.54) is 0 Å². The van der Waals surface area contributed by atoms with Gasteiger partial charge in [0.05, 0.1) is 46.1 Å². The maximum Gasteiger partial charge on any atom is 0.508 e. The average molecular weight is 332 g/mol. The maximum absolute atomic E-state index is 11.0. The van der Waals surface area contributed by atoms with E-state index in [4.69, 9.17) is 18.9 Å². The Bertz CT molecular complexity index is 372. The lowest BCUT2D eigenvalue weighted by atomic mass is 9.88. The molecule has 3 atom stereocenters. The van der Waals surface area contributed by atoms with Gasteiger partial charge in [-0.2, -0.15) is 0 Å². The van der Waals surface area contributed by atoms with Crippen LogP contribution in [0.1, 0.15) is 19.8 Å². The molecular formula is C15H24O8. The monoisotopic (exact) mass is 332 g/mol. The van der Waals surface area contributed by atoms with Crippen molar-refractivity contribution in [2.24, 2.45) is 11.3 Å². The number of aliphatic hydroxyl groups is 1. The fraction of sp³-hybridized carbons (Fsp3) is 0.867. The van der Waals surface area contributed by atoms with Crippen molar-refractivity contribution in [2.45, 2.75) is 25.9 Å². The Kier molecular flexibility index (Phi) is 6.61. The fourth-order valence-corrected chi connectivity index (χ4v) is 2.42. The molecule has 1 N–H and O–H groups in total. The Morgan fingerprint density at radius 1 is 1.17 bits per heavy atom. The first-order chi connectivity index (χ1) is 11.1. The maximum atomic E-state index is 11.0. The van der Waals surface area contributed by atoms with E-state index in [2.05, 4.69) is 4.74 Å². The minimum Gasteiger partial charge on any atom is -0.465 e. The van der Waals surface area contributed by atoms with Crippen molar-refractivity contribution in [1.82, 2.24) is 0 Å². The molecule has 8 nitrogen and oxygen atoms in total. The summed E-state index contributed by atoms with van der Waals surface area (Å²) < 4.78 is 25.7. The third-order valence-electron chi connectivity index (χ3n) is 4.14. The zero-order valence-electron chi connectivity index (χ0n) is 13.3. The summed E-state index contributed by atoms with van der Waals surface area (Å²) in [7, 11) is 0. The third-order valence-corrected chi connectivity index (χ3v) is 4.14. The molecule has 0 bridgehead atoms. The Morgan fingerprint density at radius 3 is 2.43 bits per heavy atom. The lowest BCUT2D eigenvalue weighted by Gasteiger charge is -2.30. The summed E-state index contributed by atoms with van der Waals surface area (Å²) in [4.78, 5) is 21.9. The molecule has 0 amide bonds. The molecule has 132 valence electrons. The van der Waals surface area contributed by atoms with Gasteiger partial charge >= 0.3 is 12.1 Å². The highest BCUT2D eigenvalue weighted by atomic mass is 16.8. The first kappa shape index (κ1) is 18.0. The van der Waals surface area contributed by atoms with Gasteiger partial charge < -0.3 is 28.8 Å². The minimum absolute atomic E-state index is 0.0757. The molecule has 2 aliphatic heterocycles. The van der Waals surface area contributed by atoms with E-state index in [9.17, 15) is 14.7 Å². The molecular weight excluding hydrogens is 308 g/mol. The van der Waals surface area contributed by atoms with Crippen LogP contribution >= 0.6 is 0 Å². The number of aliphatic hydroxyl groups excluding tert-OH is 1. The first-order valence-electron chi connectivity index (χ1n) is 7.82. The molecule has 0 radical (unpaired) electrons. The molecule has 0 saturated carbocycles. The Hall–Kier alpha value is -1.38. The fourth-order valence-electron chi connectivity index (χ4n) is 2.42. The number of ether oxygens (including phenoxy) is 5. The molecule has 2 aliphatic rings. The van der Waals surface area contributed by atoms with Crippen molar-refractivity contribution < 1.29 is 38.4 Å². The number of rotatable bonds is 10. The summed E-state index contributed by atoms with van der Waals surface area (Å²) in [6.45, 7) is 3.69. The van der Waals surface area contributed by atoms with Crippen molar-refractivity contribution in [2.75, 3.05) is 46.2 Å². The number of cyclic esters (lactones) is 3. The molecule has 3 unspecified atom stereocenters. The van der Waals surface area contributed by atoms with Gasteiger partial charge in [0, 0.05) is 11.3 Å². The largest absolute Gasteiger partial charge is 0.508 e. The van der Waals surface area contributed by atoms with Crippen LogP contribution in [0.4, 0.5) is 4.79 Å². The molecule has 0 aromatic carbocycles. The van der Waals surface area contributed by atoms with Crippen LogP contribution in [0, 0.1) is 11.3 Å². The molecule has 0 aliphatic carbocycles. The topological polar surface area (TPSA) is 101 Å². The van der Waals surface area contributed by atoms with E-state index in [1.807, 2.05) is 6.92 Å². The minimum atomic E-state index is -0.681. The second kappa shape index (κ2) is 8.47. The Balaban J connectivity index is 1.69. The second-order valence-corrected chi connectivity index (χ2v) is 6.10. The zero-order chi connectivity index (χ0) is 16.7. The van der Waals surface area contributed by atoms with Gasteiger partial charge in [-0.3, -0.25) is 4.79 Å². The number of carbonyl (C=O) groups excluding carboxylic acids is 2. The standard InChI is InChI=1S/C15H24O8/c1-2-15(8-16,9-19-4-11-3-13(17)21-5-11)10-20-6-12-7-22-14(18)23-12/h11-12,16H,2-10H2,1H3. The average Bonchev–Trinajstić information content (AvgIpc) is 3.14. The predicted molar refractivity (Wildman–Crippen MR) is 76.7 cm³/mol. The van der Waals surface area contributed by atoms with Crippen LogP contribution in [0.15, 0.2) is 0 Å². The molecule has 0 aromatic rings. The summed E-state index contributed by atoms with van der Waals surface area (Å²) in [5.74, 6) is -0.120. The summed E-state index contributed by atoms with van der Waals surface area (Å²) in [6, 6.07) is 0. The second-order valence-electron chi connectivity index (χ2n) is 6.10. The van der Waals surface area contributed by atoms with E-state index >= 15 is 0 Å². The van der Waals surface area contributed by atoms with Gasteiger partial charge in [0.2, 0.25) is 0 Å². The van der Waals surface area contributed by atoms with Crippen LogP contribution in [-0.2, 0) is 28.5 Å². The summed E-state index contributed by atoms with van der Waals surface area (Å²) >= 11 is 0. The normalized spacial score (nSPS) is 26.5. The molecule has 2 fully saturated rings. The quantitative estimate of drug-likeness (QED) is 0.578. The summed E-state index contributed by atoms with van der Waals surface area (Å²) in [5.41, 5.74) is -0.521. The van der Waals surface area contributed by atoms with Crippen molar-refractivity contribution in [1.29, 1.82) is 0 Å². The van der Waals surface area contributed by atoms with Crippen LogP contribution < -0.4 is 0 Å². The Labute approximate surface area is 135 Å². The SMILES string of the molecule is CCC(CO)(COCC1COC(=O)C1)COCC1COC(=O)O1. The summed E-state index contributed by atoms with van der Waals surface area (Å²) in [6.07, 6.45) is -0.0377. The lowest BCUT2D eigenvalue weighted by molar-refractivity contribution is -0.137. The van der Waals surface area contributed by atoms with E-state index in [-0.39, 0.29) is 38.3 Å². The van der Waals surface area contributed by atoms with Crippen LogP contribution in [0.5, 0.6) is 0 Å². The molecule has 0 aromatic heterocycles. The van der Waals surface area contributed by atoms with Gasteiger partial charge in [0.15, 0.2) is 6.10 Å². The van der Waals surface area contributed by atoms with E-state index < -0.39 is 17.7 Å².